The van der Waals surface area contributed by atoms with Crippen LogP contribution in [0.5, 0.6) is 0 Å². The summed E-state index contributed by atoms with van der Waals surface area (Å²) in [6.45, 7) is 0.432. The molecule has 1 saturated carbocycles. The zero-order valence-electron chi connectivity index (χ0n) is 11.0. The van der Waals surface area contributed by atoms with E-state index in [-0.39, 0.29) is 33.4 Å². The summed E-state index contributed by atoms with van der Waals surface area (Å²) in [7, 11) is -3.48. The third-order valence-electron chi connectivity index (χ3n) is 3.51. The number of hydrogen-bond donors (Lipinski definition) is 2. The summed E-state index contributed by atoms with van der Waals surface area (Å²) in [6, 6.07) is 4.14. The molecule has 7 heteroatoms. The Kier molecular flexibility index (Phi) is 4.09. The van der Waals surface area contributed by atoms with Crippen LogP contribution in [0, 0.1) is 5.41 Å². The normalized spacial score (nSPS) is 16.8. The van der Waals surface area contributed by atoms with E-state index in [1.54, 1.807) is 0 Å². The number of amides is 1. The van der Waals surface area contributed by atoms with Gasteiger partial charge in [-0.25, -0.2) is 8.42 Å². The lowest BCUT2D eigenvalue weighted by atomic mass is 10.1. The fraction of sp³-hybridized carbons (Fsp3) is 0.462. The molecule has 5 nitrogen and oxygen atoms in total. The maximum atomic E-state index is 12.0. The van der Waals surface area contributed by atoms with Crippen molar-refractivity contribution in [1.29, 1.82) is 0 Å². The van der Waals surface area contributed by atoms with E-state index >= 15 is 0 Å². The average molecular weight is 318 g/mol. The molecule has 2 rings (SSSR count). The second-order valence-electron chi connectivity index (χ2n) is 5.26. The lowest BCUT2D eigenvalue weighted by molar-refractivity contribution is 0.0935. The molecule has 1 aromatic carbocycles. The van der Waals surface area contributed by atoms with Gasteiger partial charge in [0.15, 0.2) is 9.84 Å². The van der Waals surface area contributed by atoms with Crippen molar-refractivity contribution in [3.63, 3.8) is 0 Å². The maximum Gasteiger partial charge on any atom is 0.251 e. The molecule has 1 amide bonds. The first-order valence-corrected chi connectivity index (χ1v) is 8.43. The third-order valence-corrected chi connectivity index (χ3v) is 5.09. The third kappa shape index (κ3) is 3.31. The molecule has 1 aliphatic carbocycles. The highest BCUT2D eigenvalue weighted by Gasteiger charge is 2.42. The summed E-state index contributed by atoms with van der Waals surface area (Å²) in [5.41, 5.74) is 0.0467. The SMILES string of the molecule is CS(=O)(=O)c1cc(C(=O)NCC2(CO)CC2)ccc1Cl. The van der Waals surface area contributed by atoms with Gasteiger partial charge in [0.1, 0.15) is 0 Å². The van der Waals surface area contributed by atoms with Crippen molar-refractivity contribution in [2.45, 2.75) is 17.7 Å². The number of sulfone groups is 1. The van der Waals surface area contributed by atoms with Gasteiger partial charge in [0.25, 0.3) is 5.91 Å². The van der Waals surface area contributed by atoms with Gasteiger partial charge >= 0.3 is 0 Å². The Hall–Kier alpha value is -1.11. The van der Waals surface area contributed by atoms with Gasteiger partial charge in [-0.1, -0.05) is 11.6 Å². The number of hydrogen-bond acceptors (Lipinski definition) is 4. The van der Waals surface area contributed by atoms with Gasteiger partial charge < -0.3 is 10.4 Å². The van der Waals surface area contributed by atoms with E-state index in [0.717, 1.165) is 19.1 Å². The zero-order valence-corrected chi connectivity index (χ0v) is 12.6. The Labute approximate surface area is 122 Å². The van der Waals surface area contributed by atoms with E-state index in [4.69, 9.17) is 11.6 Å². The van der Waals surface area contributed by atoms with Crippen LogP contribution in [-0.2, 0) is 9.84 Å². The van der Waals surface area contributed by atoms with Crippen molar-refractivity contribution in [3.05, 3.63) is 28.8 Å². The number of aliphatic hydroxyl groups excluding tert-OH is 1. The molecular formula is C13H16ClNO4S. The first kappa shape index (κ1) is 15.3. The van der Waals surface area contributed by atoms with Gasteiger partial charge in [-0.15, -0.1) is 0 Å². The summed E-state index contributed by atoms with van der Waals surface area (Å²) in [4.78, 5) is 11.9. The number of benzene rings is 1. The van der Waals surface area contributed by atoms with Crippen LogP contribution in [-0.4, -0.2) is 38.8 Å². The Morgan fingerprint density at radius 3 is 2.60 bits per heavy atom. The predicted octanol–water partition coefficient (Wildman–Crippen LogP) is 1.25. The van der Waals surface area contributed by atoms with Crippen LogP contribution in [0.25, 0.3) is 0 Å². The van der Waals surface area contributed by atoms with Crippen LogP contribution in [0.2, 0.25) is 5.02 Å². The molecular weight excluding hydrogens is 302 g/mol. The number of rotatable bonds is 5. The average Bonchev–Trinajstić information content (AvgIpc) is 3.16. The van der Waals surface area contributed by atoms with E-state index in [1.165, 1.54) is 18.2 Å². The number of carbonyl (C=O) groups is 1. The predicted molar refractivity (Wildman–Crippen MR) is 75.6 cm³/mol. The van der Waals surface area contributed by atoms with Crippen molar-refractivity contribution in [2.24, 2.45) is 5.41 Å². The van der Waals surface area contributed by atoms with Gasteiger partial charge in [-0.2, -0.15) is 0 Å². The highest BCUT2D eigenvalue weighted by Crippen LogP contribution is 2.44. The van der Waals surface area contributed by atoms with Gasteiger partial charge in [0, 0.05) is 23.8 Å². The van der Waals surface area contributed by atoms with Gasteiger partial charge in [0.2, 0.25) is 0 Å². The summed E-state index contributed by atoms with van der Waals surface area (Å²) < 4.78 is 23.1. The number of nitrogens with one attached hydrogen (secondary N) is 1. The minimum absolute atomic E-state index is 0.0441. The van der Waals surface area contributed by atoms with E-state index in [1.807, 2.05) is 0 Å². The molecule has 0 aromatic heterocycles. The Morgan fingerprint density at radius 1 is 1.45 bits per heavy atom. The zero-order chi connectivity index (χ0) is 15.0. The summed E-state index contributed by atoms with van der Waals surface area (Å²) in [5.74, 6) is -0.369. The van der Waals surface area contributed by atoms with Gasteiger partial charge in [0.05, 0.1) is 16.5 Å². The van der Waals surface area contributed by atoms with Crippen LogP contribution >= 0.6 is 11.6 Å². The highest BCUT2D eigenvalue weighted by atomic mass is 35.5. The first-order chi connectivity index (χ1) is 9.27. The molecule has 0 bridgehead atoms. The van der Waals surface area contributed by atoms with Crippen molar-refractivity contribution < 1.29 is 18.3 Å². The van der Waals surface area contributed by atoms with Crippen molar-refractivity contribution in [2.75, 3.05) is 19.4 Å². The second-order valence-corrected chi connectivity index (χ2v) is 7.65. The number of halogens is 1. The van der Waals surface area contributed by atoms with Crippen molar-refractivity contribution >= 4 is 27.3 Å². The molecule has 110 valence electrons. The van der Waals surface area contributed by atoms with E-state index in [9.17, 15) is 18.3 Å². The smallest absolute Gasteiger partial charge is 0.251 e. The molecule has 1 fully saturated rings. The van der Waals surface area contributed by atoms with Gasteiger partial charge in [-0.05, 0) is 31.0 Å². The van der Waals surface area contributed by atoms with Crippen LogP contribution in [0.1, 0.15) is 23.2 Å². The topological polar surface area (TPSA) is 83.5 Å². The standard InChI is InChI=1S/C13H16ClNO4S/c1-20(18,19)11-6-9(2-3-10(11)14)12(17)15-7-13(8-16)4-5-13/h2-3,6,16H,4-5,7-8H2,1H3,(H,15,17). The van der Waals surface area contributed by atoms with Crippen LogP contribution in [0.4, 0.5) is 0 Å². The molecule has 20 heavy (non-hydrogen) atoms. The van der Waals surface area contributed by atoms with Crippen LogP contribution < -0.4 is 5.32 Å². The number of carbonyl (C=O) groups excluding carboxylic acids is 1. The molecule has 0 saturated heterocycles. The fourth-order valence-corrected chi connectivity index (χ4v) is 3.17. The van der Waals surface area contributed by atoms with Gasteiger partial charge in [-0.3, -0.25) is 4.79 Å². The lowest BCUT2D eigenvalue weighted by Crippen LogP contribution is -2.31. The molecule has 0 unspecified atom stereocenters. The molecule has 0 heterocycles. The summed E-state index contributed by atoms with van der Waals surface area (Å²) >= 11 is 5.82. The quantitative estimate of drug-likeness (QED) is 0.856. The largest absolute Gasteiger partial charge is 0.396 e. The monoisotopic (exact) mass is 317 g/mol. The van der Waals surface area contributed by atoms with Crippen molar-refractivity contribution in [1.82, 2.24) is 5.32 Å². The molecule has 0 spiro atoms. The molecule has 0 radical (unpaired) electrons. The minimum Gasteiger partial charge on any atom is -0.396 e. The second kappa shape index (κ2) is 5.35. The Bertz CT molecular complexity index is 638. The van der Waals surface area contributed by atoms with Crippen molar-refractivity contribution in [3.8, 4) is 0 Å². The number of aliphatic hydroxyl groups is 1. The Balaban J connectivity index is 2.15. The molecule has 1 aliphatic rings. The summed E-state index contributed by atoms with van der Waals surface area (Å²) in [5, 5.41) is 12.0. The molecule has 0 aliphatic heterocycles. The van der Waals surface area contributed by atoms with E-state index < -0.39 is 9.84 Å². The van der Waals surface area contributed by atoms with Crippen LogP contribution in [0.3, 0.4) is 0 Å². The van der Waals surface area contributed by atoms with Crippen LogP contribution in [0.15, 0.2) is 23.1 Å². The maximum absolute atomic E-state index is 12.0. The Morgan fingerprint density at radius 2 is 2.10 bits per heavy atom. The highest BCUT2D eigenvalue weighted by molar-refractivity contribution is 7.90. The minimum atomic E-state index is -3.48. The van der Waals surface area contributed by atoms with E-state index in [0.29, 0.717) is 6.54 Å². The molecule has 1 aromatic rings. The molecule has 2 N–H and O–H groups in total. The first-order valence-electron chi connectivity index (χ1n) is 6.16. The summed E-state index contributed by atoms with van der Waals surface area (Å²) in [6.07, 6.45) is 2.82. The molecule has 0 atom stereocenters. The lowest BCUT2D eigenvalue weighted by Gasteiger charge is -2.13. The van der Waals surface area contributed by atoms with E-state index in [2.05, 4.69) is 5.32 Å². The fourth-order valence-electron chi connectivity index (χ4n) is 1.87.